The molecule has 0 amide bonds. The molecule has 12 nitrogen and oxygen atoms in total. The molecule has 13 heteroatoms. The van der Waals surface area contributed by atoms with Crippen molar-refractivity contribution in [2.75, 3.05) is 33.5 Å². The van der Waals surface area contributed by atoms with Crippen molar-refractivity contribution < 1.29 is 48.7 Å². The third-order valence-electron chi connectivity index (χ3n) is 4.90. The summed E-state index contributed by atoms with van der Waals surface area (Å²) in [7, 11) is 1.29. The maximum atomic E-state index is 12.9. The molecule has 37 heavy (non-hydrogen) atoms. The van der Waals surface area contributed by atoms with Crippen molar-refractivity contribution in [1.82, 2.24) is 5.32 Å². The van der Waals surface area contributed by atoms with E-state index in [-0.39, 0.29) is 18.8 Å². The lowest BCUT2D eigenvalue weighted by molar-refractivity contribution is -0.323. The van der Waals surface area contributed by atoms with Crippen molar-refractivity contribution in [1.29, 1.82) is 0 Å². The number of ether oxygens (including phenoxy) is 3. The first-order valence-electron chi connectivity index (χ1n) is 11.1. The van der Waals surface area contributed by atoms with Crippen LogP contribution < -0.4 is 21.3 Å². The number of dihydropyridines is 1. The van der Waals surface area contributed by atoms with Crippen LogP contribution in [0.4, 0.5) is 0 Å². The Kier molecular flexibility index (Phi) is 13.3. The smallest absolute Gasteiger partial charge is 0.336 e. The molecule has 2 atom stereocenters. The number of nitrogens with two attached hydrogens (primary N) is 1. The van der Waals surface area contributed by atoms with E-state index in [1.165, 1.54) is 7.11 Å². The van der Waals surface area contributed by atoms with Gasteiger partial charge in [0.1, 0.15) is 0 Å². The molecule has 1 aromatic carbocycles. The molecule has 0 unspecified atom stereocenters. The largest absolute Gasteiger partial charge is 0.550 e. The van der Waals surface area contributed by atoms with Gasteiger partial charge in [-0.15, -0.1) is 0 Å². The van der Waals surface area contributed by atoms with Gasteiger partial charge in [0.25, 0.3) is 0 Å². The Morgan fingerprint density at radius 2 is 1.81 bits per heavy atom. The average molecular weight is 541 g/mol. The third kappa shape index (κ3) is 9.17. The highest BCUT2D eigenvalue weighted by Gasteiger charge is 2.39. The Morgan fingerprint density at radius 3 is 2.30 bits per heavy atom. The summed E-state index contributed by atoms with van der Waals surface area (Å²) >= 11 is 6.42. The number of carbonyl (C=O) groups excluding carboxylic acids is 4. The van der Waals surface area contributed by atoms with Crippen LogP contribution >= 0.6 is 11.6 Å². The fourth-order valence-corrected chi connectivity index (χ4v) is 3.60. The number of methoxy groups -OCH3 is 1. The summed E-state index contributed by atoms with van der Waals surface area (Å²) in [5.41, 5.74) is 7.70. The maximum absolute atomic E-state index is 12.9. The van der Waals surface area contributed by atoms with Gasteiger partial charge < -0.3 is 50.2 Å². The zero-order valence-corrected chi connectivity index (χ0v) is 21.3. The van der Waals surface area contributed by atoms with Gasteiger partial charge in [-0.25, -0.2) is 9.59 Å². The number of aliphatic hydroxyl groups excluding tert-OH is 1. The molecule has 0 radical (unpaired) electrons. The summed E-state index contributed by atoms with van der Waals surface area (Å²) in [5, 5.41) is 30.9. The monoisotopic (exact) mass is 540 g/mol. The molecule has 0 fully saturated rings. The zero-order chi connectivity index (χ0) is 28.1. The standard InChI is InChI=1S/C20H25ClN2O5.C4H6O5/c1-4-28-20(25)18-15(11-27-10-9-22)23-12(2)16(19(24)26-3)17(18)13-7-5-6-8-14(13)21;5-2(4(8)9)1-3(6)7/h5-8,17,23H,4,9-11,22H2,1-3H3;2,5H,1H2,(H,6,7)(H,8,9)/p-2/t17-;2-/m00/s1. The number of aliphatic carboxylic acids is 2. The number of carbonyl (C=O) groups is 4. The topological polar surface area (TPSA) is 200 Å². The van der Waals surface area contributed by atoms with E-state index in [0.717, 1.165) is 0 Å². The van der Waals surface area contributed by atoms with E-state index in [2.05, 4.69) is 5.32 Å². The van der Waals surface area contributed by atoms with Gasteiger partial charge >= 0.3 is 11.9 Å². The van der Waals surface area contributed by atoms with Gasteiger partial charge in [-0.2, -0.15) is 0 Å². The first kappa shape index (κ1) is 31.6. The molecule has 0 bridgehead atoms. The van der Waals surface area contributed by atoms with Crippen LogP contribution in [0.1, 0.15) is 31.7 Å². The SMILES string of the molecule is CCOC(=O)C1=C(COCCN)NC(C)=C(C(=O)OC)[C@@H]1c1ccccc1Cl.O=C([O-])C[C@H](O)C(=O)[O-]. The second kappa shape index (κ2) is 15.6. The van der Waals surface area contributed by atoms with Crippen molar-refractivity contribution in [2.24, 2.45) is 5.73 Å². The maximum Gasteiger partial charge on any atom is 0.336 e. The summed E-state index contributed by atoms with van der Waals surface area (Å²) in [5.74, 6) is -5.29. The molecule has 2 rings (SSSR count). The van der Waals surface area contributed by atoms with Crippen LogP contribution in [-0.2, 0) is 33.4 Å². The summed E-state index contributed by atoms with van der Waals surface area (Å²) in [6.07, 6.45) is -2.89. The first-order valence-corrected chi connectivity index (χ1v) is 11.4. The first-order chi connectivity index (χ1) is 17.5. The molecule has 1 aliphatic rings. The Hall–Kier alpha value is -3.45. The lowest BCUT2D eigenvalue weighted by Gasteiger charge is -2.31. The van der Waals surface area contributed by atoms with Gasteiger partial charge in [-0.1, -0.05) is 29.8 Å². The van der Waals surface area contributed by atoms with Crippen LogP contribution in [0.2, 0.25) is 5.02 Å². The van der Waals surface area contributed by atoms with E-state index in [0.29, 0.717) is 40.7 Å². The number of carboxylic acid groups (broad SMARTS) is 2. The summed E-state index contributed by atoms with van der Waals surface area (Å²) < 4.78 is 15.8. The molecule has 0 aromatic heterocycles. The van der Waals surface area contributed by atoms with Crippen molar-refractivity contribution in [3.63, 3.8) is 0 Å². The number of nitrogens with one attached hydrogen (secondary N) is 1. The molecule has 1 aliphatic heterocycles. The Morgan fingerprint density at radius 1 is 1.16 bits per heavy atom. The van der Waals surface area contributed by atoms with Crippen LogP contribution in [0.15, 0.2) is 46.8 Å². The number of halogens is 1. The molecule has 0 saturated carbocycles. The lowest BCUT2D eigenvalue weighted by atomic mass is 9.80. The molecule has 0 saturated heterocycles. The molecular weight excluding hydrogens is 512 g/mol. The van der Waals surface area contributed by atoms with Crippen molar-refractivity contribution in [2.45, 2.75) is 32.3 Å². The second-order valence-electron chi connectivity index (χ2n) is 7.47. The highest BCUT2D eigenvalue weighted by atomic mass is 35.5. The van der Waals surface area contributed by atoms with Gasteiger partial charge in [0.2, 0.25) is 0 Å². The number of rotatable bonds is 11. The quantitative estimate of drug-likeness (QED) is 0.217. The number of aliphatic hydroxyl groups is 1. The minimum atomic E-state index is -1.96. The normalized spacial score (nSPS) is 15.7. The van der Waals surface area contributed by atoms with Gasteiger partial charge in [0.15, 0.2) is 0 Å². The Bertz CT molecular complexity index is 1050. The minimum absolute atomic E-state index is 0.109. The van der Waals surface area contributed by atoms with E-state index in [1.807, 2.05) is 0 Å². The van der Waals surface area contributed by atoms with E-state index in [1.54, 1.807) is 38.1 Å². The predicted octanol–water partition coefficient (Wildman–Crippen LogP) is -1.50. The lowest BCUT2D eigenvalue weighted by Crippen LogP contribution is -2.39. The zero-order valence-electron chi connectivity index (χ0n) is 20.6. The van der Waals surface area contributed by atoms with Crippen LogP contribution in [-0.4, -0.2) is 68.6 Å². The van der Waals surface area contributed by atoms with E-state index < -0.39 is 42.3 Å². The van der Waals surface area contributed by atoms with Gasteiger partial charge in [0.05, 0.1) is 61.8 Å². The highest BCUT2D eigenvalue weighted by molar-refractivity contribution is 6.31. The minimum Gasteiger partial charge on any atom is -0.550 e. The second-order valence-corrected chi connectivity index (χ2v) is 7.88. The Balaban J connectivity index is 0.000000649. The number of hydrogen-bond acceptors (Lipinski definition) is 12. The summed E-state index contributed by atoms with van der Waals surface area (Å²) in [4.78, 5) is 44.6. The molecule has 4 N–H and O–H groups in total. The van der Waals surface area contributed by atoms with Crippen LogP contribution in [0, 0.1) is 0 Å². The number of hydrogen-bond donors (Lipinski definition) is 3. The summed E-state index contributed by atoms with van der Waals surface area (Å²) in [6, 6.07) is 7.05. The van der Waals surface area contributed by atoms with E-state index in [4.69, 9.17) is 36.7 Å². The molecule has 0 spiro atoms. The number of benzene rings is 1. The fraction of sp³-hybridized carbons (Fsp3) is 0.417. The fourth-order valence-electron chi connectivity index (χ4n) is 3.36. The van der Waals surface area contributed by atoms with Gasteiger partial charge in [0, 0.05) is 29.7 Å². The molecule has 204 valence electrons. The van der Waals surface area contributed by atoms with Crippen LogP contribution in [0.25, 0.3) is 0 Å². The number of esters is 2. The third-order valence-corrected chi connectivity index (χ3v) is 5.25. The summed E-state index contributed by atoms with van der Waals surface area (Å²) in [6.45, 7) is 4.42. The highest BCUT2D eigenvalue weighted by Crippen LogP contribution is 2.41. The van der Waals surface area contributed by atoms with Crippen LogP contribution in [0.3, 0.4) is 0 Å². The molecule has 1 aromatic rings. The van der Waals surface area contributed by atoms with Gasteiger partial charge in [-0.3, -0.25) is 0 Å². The number of allylic oxidation sites excluding steroid dienone is 1. The van der Waals surface area contributed by atoms with Gasteiger partial charge in [-0.05, 0) is 25.5 Å². The predicted molar refractivity (Wildman–Crippen MR) is 126 cm³/mol. The molecular formula is C24H29ClN2O10-2. The Labute approximate surface area is 218 Å². The molecule has 1 heterocycles. The van der Waals surface area contributed by atoms with E-state index in [9.17, 15) is 29.4 Å². The van der Waals surface area contributed by atoms with Crippen LogP contribution in [0.5, 0.6) is 0 Å². The average Bonchev–Trinajstić information content (AvgIpc) is 2.83. The van der Waals surface area contributed by atoms with E-state index >= 15 is 0 Å². The van der Waals surface area contributed by atoms with Crippen molar-refractivity contribution >= 4 is 35.5 Å². The molecule has 0 aliphatic carbocycles. The number of carboxylic acids is 2. The van der Waals surface area contributed by atoms with Crippen molar-refractivity contribution in [3.8, 4) is 0 Å². The van der Waals surface area contributed by atoms with Crippen molar-refractivity contribution in [3.05, 3.63) is 57.4 Å².